The summed E-state index contributed by atoms with van der Waals surface area (Å²) in [5.41, 5.74) is 0.615. The van der Waals surface area contributed by atoms with Gasteiger partial charge in [-0.1, -0.05) is 47.6 Å². The molecule has 0 fully saturated rings. The van der Waals surface area contributed by atoms with Crippen molar-refractivity contribution in [3.63, 3.8) is 0 Å². The number of halogens is 4. The molecule has 0 radical (unpaired) electrons. The van der Waals surface area contributed by atoms with E-state index in [1.807, 2.05) is 0 Å². The van der Waals surface area contributed by atoms with Gasteiger partial charge in [-0.05, 0) is 49.7 Å². The molecule has 2 unspecified atom stereocenters. The maximum atomic E-state index is 14.0. The summed E-state index contributed by atoms with van der Waals surface area (Å²) in [5.74, 6) is -2.48. The van der Waals surface area contributed by atoms with E-state index in [1.54, 1.807) is 13.0 Å². The van der Waals surface area contributed by atoms with Gasteiger partial charge in [0.1, 0.15) is 29.3 Å². The number of carbonyl (C=O) groups excluding carboxylic acids is 2. The lowest BCUT2D eigenvalue weighted by atomic mass is 10.0. The van der Waals surface area contributed by atoms with E-state index in [1.165, 1.54) is 49.4 Å². The molecular formula is C30H25F4N3O6. The first-order chi connectivity index (χ1) is 20.3. The van der Waals surface area contributed by atoms with Crippen LogP contribution in [0.3, 0.4) is 0 Å². The number of hydrogen-bond donors (Lipinski definition) is 3. The largest absolute Gasteiger partial charge is 0.480 e. The minimum atomic E-state index is -4.53. The van der Waals surface area contributed by atoms with Crippen LogP contribution >= 0.6 is 0 Å². The van der Waals surface area contributed by atoms with Crippen molar-refractivity contribution in [2.75, 3.05) is 5.32 Å². The lowest BCUT2D eigenvalue weighted by molar-refractivity contribution is -0.139. The summed E-state index contributed by atoms with van der Waals surface area (Å²) in [6, 6.07) is 14.2. The van der Waals surface area contributed by atoms with Gasteiger partial charge in [0.05, 0.1) is 5.56 Å². The number of aromatic nitrogens is 1. The van der Waals surface area contributed by atoms with Crippen LogP contribution in [0.2, 0.25) is 0 Å². The van der Waals surface area contributed by atoms with Crippen molar-refractivity contribution >= 4 is 23.7 Å². The summed E-state index contributed by atoms with van der Waals surface area (Å²) in [5, 5.41) is 18.3. The van der Waals surface area contributed by atoms with Gasteiger partial charge < -0.3 is 19.7 Å². The fourth-order valence-electron chi connectivity index (χ4n) is 4.15. The van der Waals surface area contributed by atoms with Crippen LogP contribution in [0.5, 0.6) is 0 Å². The monoisotopic (exact) mass is 599 g/mol. The number of alkyl halides is 3. The molecule has 1 heterocycles. The second-order valence-electron chi connectivity index (χ2n) is 9.51. The Kier molecular flexibility index (Phi) is 9.12. The van der Waals surface area contributed by atoms with Crippen molar-refractivity contribution in [2.45, 2.75) is 38.6 Å². The Hall–Kier alpha value is -5.20. The number of rotatable bonds is 9. The molecule has 4 aromatic rings. The number of anilines is 1. The molecule has 43 heavy (non-hydrogen) atoms. The van der Waals surface area contributed by atoms with Crippen molar-refractivity contribution < 1.29 is 46.3 Å². The molecule has 2 atom stereocenters. The maximum absolute atomic E-state index is 14.0. The molecule has 224 valence electrons. The van der Waals surface area contributed by atoms with Gasteiger partial charge in [-0.25, -0.2) is 14.0 Å². The normalized spacial score (nSPS) is 12.7. The molecule has 0 saturated carbocycles. The van der Waals surface area contributed by atoms with Crippen LogP contribution in [-0.4, -0.2) is 34.3 Å². The fourth-order valence-corrected chi connectivity index (χ4v) is 4.15. The third kappa shape index (κ3) is 7.56. The summed E-state index contributed by atoms with van der Waals surface area (Å²) in [6.45, 7) is 3.09. The Morgan fingerprint density at radius 2 is 1.65 bits per heavy atom. The SMILES string of the molecule is Cc1noc(-c2ccc(C(=O)NC(Cc3ccc(C(F)(F)F)cc3)C(=O)O)cc2)c1NC(=O)OC(C)c1ccccc1F. The van der Waals surface area contributed by atoms with Gasteiger partial charge >= 0.3 is 18.2 Å². The first-order valence-corrected chi connectivity index (χ1v) is 12.8. The molecule has 9 nitrogen and oxygen atoms in total. The number of ether oxygens (including phenoxy) is 1. The van der Waals surface area contributed by atoms with E-state index in [9.17, 15) is 37.1 Å². The highest BCUT2D eigenvalue weighted by atomic mass is 19.4. The number of carboxylic acid groups (broad SMARTS) is 1. The molecule has 0 aliphatic heterocycles. The minimum Gasteiger partial charge on any atom is -0.480 e. The van der Waals surface area contributed by atoms with Gasteiger partial charge in [0.25, 0.3) is 5.91 Å². The Bertz CT molecular complexity index is 1620. The number of hydrogen-bond acceptors (Lipinski definition) is 6. The quantitative estimate of drug-likeness (QED) is 0.186. The standard InChI is InChI=1S/C30H25F4N3O6/c1-16-25(36-29(41)42-17(2)22-5-3-4-6-23(22)31)26(43-37-16)19-9-11-20(12-10-19)27(38)35-24(28(39)40)15-18-7-13-21(14-8-18)30(32,33)34/h3-14,17,24H,15H2,1-2H3,(H,35,38)(H,36,41)(H,39,40). The molecule has 3 N–H and O–H groups in total. The predicted molar refractivity (Wildman–Crippen MR) is 146 cm³/mol. The summed E-state index contributed by atoms with van der Waals surface area (Å²) in [4.78, 5) is 37.1. The first kappa shape index (κ1) is 30.8. The van der Waals surface area contributed by atoms with Crippen molar-refractivity contribution in [2.24, 2.45) is 0 Å². The van der Waals surface area contributed by atoms with Crippen molar-refractivity contribution in [3.05, 3.63) is 107 Å². The van der Waals surface area contributed by atoms with Gasteiger partial charge in [-0.15, -0.1) is 0 Å². The second kappa shape index (κ2) is 12.8. The van der Waals surface area contributed by atoms with Crippen LogP contribution in [0.4, 0.5) is 28.0 Å². The van der Waals surface area contributed by atoms with Crippen molar-refractivity contribution in [1.29, 1.82) is 0 Å². The molecule has 2 amide bonds. The van der Waals surface area contributed by atoms with Crippen LogP contribution in [0.1, 0.15) is 45.8 Å². The van der Waals surface area contributed by atoms with Crippen LogP contribution in [-0.2, 0) is 22.1 Å². The summed E-state index contributed by atoms with van der Waals surface area (Å²) in [7, 11) is 0. The average molecular weight is 600 g/mol. The highest BCUT2D eigenvalue weighted by Crippen LogP contribution is 2.32. The Morgan fingerprint density at radius 3 is 2.26 bits per heavy atom. The fraction of sp³-hybridized carbons (Fsp3) is 0.200. The number of carboxylic acids is 1. The molecule has 0 spiro atoms. The summed E-state index contributed by atoms with van der Waals surface area (Å²) in [6.07, 6.45) is -6.55. The van der Waals surface area contributed by atoms with Crippen LogP contribution in [0.25, 0.3) is 11.3 Å². The smallest absolute Gasteiger partial charge is 0.416 e. The lowest BCUT2D eigenvalue weighted by Crippen LogP contribution is -2.42. The predicted octanol–water partition coefficient (Wildman–Crippen LogP) is 6.54. The highest BCUT2D eigenvalue weighted by molar-refractivity contribution is 5.97. The molecule has 0 aliphatic rings. The lowest BCUT2D eigenvalue weighted by Gasteiger charge is -2.16. The molecular weight excluding hydrogens is 574 g/mol. The highest BCUT2D eigenvalue weighted by Gasteiger charge is 2.30. The van der Waals surface area contributed by atoms with E-state index in [0.29, 0.717) is 16.8 Å². The number of aliphatic carboxylic acids is 1. The zero-order chi connectivity index (χ0) is 31.3. The van der Waals surface area contributed by atoms with Gasteiger partial charge in [-0.2, -0.15) is 13.2 Å². The van der Waals surface area contributed by atoms with E-state index >= 15 is 0 Å². The molecule has 4 rings (SSSR count). The third-order valence-corrected chi connectivity index (χ3v) is 6.45. The molecule has 13 heteroatoms. The Balaban J connectivity index is 1.42. The van der Waals surface area contributed by atoms with E-state index < -0.39 is 47.7 Å². The average Bonchev–Trinajstić information content (AvgIpc) is 3.32. The molecule has 1 aromatic heterocycles. The zero-order valence-electron chi connectivity index (χ0n) is 22.7. The van der Waals surface area contributed by atoms with E-state index in [0.717, 1.165) is 24.3 Å². The Morgan fingerprint density at radius 1 is 1.00 bits per heavy atom. The molecule has 0 saturated heterocycles. The van der Waals surface area contributed by atoms with Crippen LogP contribution in [0.15, 0.2) is 77.3 Å². The molecule has 0 bridgehead atoms. The number of benzene rings is 3. The second-order valence-corrected chi connectivity index (χ2v) is 9.51. The van der Waals surface area contributed by atoms with Gasteiger partial charge in [0, 0.05) is 23.1 Å². The molecule has 3 aromatic carbocycles. The number of nitrogens with one attached hydrogen (secondary N) is 2. The van der Waals surface area contributed by atoms with Crippen molar-refractivity contribution in [3.8, 4) is 11.3 Å². The summed E-state index contributed by atoms with van der Waals surface area (Å²) >= 11 is 0. The topological polar surface area (TPSA) is 131 Å². The zero-order valence-corrected chi connectivity index (χ0v) is 22.7. The van der Waals surface area contributed by atoms with Crippen LogP contribution in [0, 0.1) is 12.7 Å². The number of carbonyl (C=O) groups is 3. The Labute approximate surface area is 242 Å². The number of aryl methyl sites for hydroxylation is 1. The van der Waals surface area contributed by atoms with Gasteiger partial charge in [-0.3, -0.25) is 10.1 Å². The summed E-state index contributed by atoms with van der Waals surface area (Å²) < 4.78 is 63.1. The number of amides is 2. The van der Waals surface area contributed by atoms with Gasteiger partial charge in [0.2, 0.25) is 0 Å². The third-order valence-electron chi connectivity index (χ3n) is 6.45. The van der Waals surface area contributed by atoms with Crippen molar-refractivity contribution in [1.82, 2.24) is 10.5 Å². The van der Waals surface area contributed by atoms with Crippen LogP contribution < -0.4 is 10.6 Å². The molecule has 0 aliphatic carbocycles. The minimum absolute atomic E-state index is 0.0892. The first-order valence-electron chi connectivity index (χ1n) is 12.8. The van der Waals surface area contributed by atoms with E-state index in [-0.39, 0.29) is 29.0 Å². The maximum Gasteiger partial charge on any atom is 0.416 e. The number of nitrogens with zero attached hydrogens (tertiary/aromatic N) is 1. The van der Waals surface area contributed by atoms with E-state index in [2.05, 4.69) is 15.8 Å². The van der Waals surface area contributed by atoms with E-state index in [4.69, 9.17) is 9.26 Å². The van der Waals surface area contributed by atoms with Gasteiger partial charge in [0.15, 0.2) is 5.76 Å².